The van der Waals surface area contributed by atoms with Crippen LogP contribution in [0, 0.1) is 0 Å². The first-order chi connectivity index (χ1) is 10.7. The first kappa shape index (κ1) is 16.0. The molecule has 22 heavy (non-hydrogen) atoms. The molecule has 1 heterocycles. The highest BCUT2D eigenvalue weighted by Crippen LogP contribution is 2.28. The number of nitrogens with one attached hydrogen (secondary N) is 1. The normalized spacial score (nSPS) is 11.9. The van der Waals surface area contributed by atoms with E-state index in [1.165, 1.54) is 0 Å². The molecule has 1 aromatic carbocycles. The van der Waals surface area contributed by atoms with Crippen molar-refractivity contribution in [1.82, 2.24) is 20.1 Å². The van der Waals surface area contributed by atoms with Crippen LogP contribution in [0.1, 0.15) is 12.5 Å². The molecule has 1 unspecified atom stereocenters. The van der Waals surface area contributed by atoms with E-state index in [1.54, 1.807) is 25.8 Å². The van der Waals surface area contributed by atoms with Crippen LogP contribution in [0.25, 0.3) is 0 Å². The lowest BCUT2D eigenvalue weighted by molar-refractivity contribution is 0.326. The molecule has 0 aliphatic rings. The summed E-state index contributed by atoms with van der Waals surface area (Å²) in [5.41, 5.74) is 1.13. The number of nitrogens with zero attached hydrogens (tertiary/aromatic N) is 3. The molecule has 0 radical (unpaired) electrons. The SMILES string of the molecule is C=CCOc1ccc(CNC(C)Cn2cncn2)cc1OC. The summed E-state index contributed by atoms with van der Waals surface area (Å²) in [7, 11) is 1.64. The maximum absolute atomic E-state index is 5.55. The zero-order valence-electron chi connectivity index (χ0n) is 13.0. The van der Waals surface area contributed by atoms with Crippen LogP contribution in [-0.4, -0.2) is 34.5 Å². The number of benzene rings is 1. The van der Waals surface area contributed by atoms with Gasteiger partial charge in [0.05, 0.1) is 13.7 Å². The Kier molecular flexibility index (Phi) is 5.97. The Morgan fingerprint density at radius 2 is 2.27 bits per heavy atom. The average molecular weight is 302 g/mol. The van der Waals surface area contributed by atoms with Crippen LogP contribution in [0.3, 0.4) is 0 Å². The average Bonchev–Trinajstić information content (AvgIpc) is 3.04. The molecule has 6 nitrogen and oxygen atoms in total. The van der Waals surface area contributed by atoms with Gasteiger partial charge >= 0.3 is 0 Å². The molecule has 2 aromatic rings. The first-order valence-electron chi connectivity index (χ1n) is 7.19. The van der Waals surface area contributed by atoms with Gasteiger partial charge in [-0.05, 0) is 24.6 Å². The highest BCUT2D eigenvalue weighted by Gasteiger charge is 2.07. The largest absolute Gasteiger partial charge is 0.493 e. The highest BCUT2D eigenvalue weighted by molar-refractivity contribution is 5.43. The van der Waals surface area contributed by atoms with Crippen LogP contribution >= 0.6 is 0 Å². The maximum Gasteiger partial charge on any atom is 0.161 e. The van der Waals surface area contributed by atoms with Crippen LogP contribution in [-0.2, 0) is 13.1 Å². The Bertz CT molecular complexity index is 584. The molecule has 1 atom stereocenters. The zero-order chi connectivity index (χ0) is 15.8. The minimum absolute atomic E-state index is 0.282. The smallest absolute Gasteiger partial charge is 0.161 e. The third-order valence-electron chi connectivity index (χ3n) is 3.17. The van der Waals surface area contributed by atoms with E-state index in [0.717, 1.165) is 30.2 Å². The lowest BCUT2D eigenvalue weighted by atomic mass is 10.2. The third kappa shape index (κ3) is 4.60. The summed E-state index contributed by atoms with van der Waals surface area (Å²) in [6, 6.07) is 6.20. The molecule has 0 saturated carbocycles. The van der Waals surface area contributed by atoms with Crippen molar-refractivity contribution in [3.63, 3.8) is 0 Å². The molecule has 0 aliphatic carbocycles. The molecule has 1 N–H and O–H groups in total. The van der Waals surface area contributed by atoms with Crippen molar-refractivity contribution in [2.24, 2.45) is 0 Å². The highest BCUT2D eigenvalue weighted by atomic mass is 16.5. The molecule has 2 rings (SSSR count). The molecule has 0 amide bonds. The van der Waals surface area contributed by atoms with Gasteiger partial charge in [-0.25, -0.2) is 4.98 Å². The van der Waals surface area contributed by atoms with Crippen LogP contribution < -0.4 is 14.8 Å². The Morgan fingerprint density at radius 3 is 2.95 bits per heavy atom. The molecule has 0 saturated heterocycles. The van der Waals surface area contributed by atoms with Crippen molar-refractivity contribution in [1.29, 1.82) is 0 Å². The topological polar surface area (TPSA) is 61.2 Å². The number of methoxy groups -OCH3 is 1. The molecule has 118 valence electrons. The minimum atomic E-state index is 0.282. The van der Waals surface area contributed by atoms with Crippen molar-refractivity contribution >= 4 is 0 Å². The van der Waals surface area contributed by atoms with Crippen LogP contribution in [0.4, 0.5) is 0 Å². The van der Waals surface area contributed by atoms with E-state index in [1.807, 2.05) is 22.9 Å². The summed E-state index contributed by atoms with van der Waals surface area (Å²) in [6.45, 7) is 7.73. The second kappa shape index (κ2) is 8.19. The number of aromatic nitrogens is 3. The number of hydrogen-bond donors (Lipinski definition) is 1. The van der Waals surface area contributed by atoms with E-state index >= 15 is 0 Å². The van der Waals surface area contributed by atoms with Gasteiger partial charge < -0.3 is 14.8 Å². The monoisotopic (exact) mass is 302 g/mol. The van der Waals surface area contributed by atoms with Gasteiger partial charge in [-0.1, -0.05) is 18.7 Å². The Morgan fingerprint density at radius 1 is 1.41 bits per heavy atom. The summed E-state index contributed by atoms with van der Waals surface area (Å²) in [6.07, 6.45) is 4.97. The predicted octanol–water partition coefficient (Wildman–Crippen LogP) is 2.03. The predicted molar refractivity (Wildman–Crippen MR) is 85.0 cm³/mol. The minimum Gasteiger partial charge on any atom is -0.493 e. The number of ether oxygens (including phenoxy) is 2. The van der Waals surface area contributed by atoms with Crippen LogP contribution in [0.15, 0.2) is 43.5 Å². The van der Waals surface area contributed by atoms with E-state index in [9.17, 15) is 0 Å². The Labute approximate surface area is 130 Å². The lowest BCUT2D eigenvalue weighted by Gasteiger charge is -2.15. The van der Waals surface area contributed by atoms with Crippen molar-refractivity contribution in [3.8, 4) is 11.5 Å². The van der Waals surface area contributed by atoms with E-state index in [-0.39, 0.29) is 6.04 Å². The second-order valence-corrected chi connectivity index (χ2v) is 4.98. The fourth-order valence-electron chi connectivity index (χ4n) is 2.05. The van der Waals surface area contributed by atoms with Crippen LogP contribution in [0.5, 0.6) is 11.5 Å². The fourth-order valence-corrected chi connectivity index (χ4v) is 2.05. The second-order valence-electron chi connectivity index (χ2n) is 4.98. The summed E-state index contributed by atoms with van der Waals surface area (Å²) in [5, 5.41) is 7.55. The molecule has 6 heteroatoms. The standard InChI is InChI=1S/C16H22N4O2/c1-4-7-22-15-6-5-14(8-16(15)21-3)9-18-13(2)10-20-12-17-11-19-20/h4-6,8,11-13,18H,1,7,9-10H2,2-3H3. The quantitative estimate of drug-likeness (QED) is 0.718. The zero-order valence-corrected chi connectivity index (χ0v) is 13.0. The van der Waals surface area contributed by atoms with Gasteiger partial charge in [-0.15, -0.1) is 0 Å². The van der Waals surface area contributed by atoms with Crippen LogP contribution in [0.2, 0.25) is 0 Å². The summed E-state index contributed by atoms with van der Waals surface area (Å²) >= 11 is 0. The van der Waals surface area contributed by atoms with Crippen molar-refractivity contribution in [2.45, 2.75) is 26.1 Å². The molecule has 0 fully saturated rings. The molecule has 0 bridgehead atoms. The van der Waals surface area contributed by atoms with E-state index in [2.05, 4.69) is 28.9 Å². The summed E-state index contributed by atoms with van der Waals surface area (Å²) in [5.74, 6) is 1.45. The number of rotatable bonds is 9. The van der Waals surface area contributed by atoms with E-state index in [0.29, 0.717) is 6.61 Å². The van der Waals surface area contributed by atoms with E-state index < -0.39 is 0 Å². The van der Waals surface area contributed by atoms with Gasteiger partial charge in [0.15, 0.2) is 11.5 Å². The van der Waals surface area contributed by atoms with Gasteiger partial charge in [0.1, 0.15) is 19.3 Å². The maximum atomic E-state index is 5.55. The van der Waals surface area contributed by atoms with Gasteiger partial charge in [-0.2, -0.15) is 5.10 Å². The molecular weight excluding hydrogens is 280 g/mol. The van der Waals surface area contributed by atoms with Crippen molar-refractivity contribution < 1.29 is 9.47 Å². The summed E-state index contributed by atoms with van der Waals surface area (Å²) < 4.78 is 12.7. The van der Waals surface area contributed by atoms with Crippen molar-refractivity contribution in [3.05, 3.63) is 49.1 Å². The molecule has 0 spiro atoms. The van der Waals surface area contributed by atoms with Gasteiger partial charge in [0, 0.05) is 12.6 Å². The van der Waals surface area contributed by atoms with Gasteiger partial charge in [-0.3, -0.25) is 4.68 Å². The van der Waals surface area contributed by atoms with E-state index in [4.69, 9.17) is 9.47 Å². The summed E-state index contributed by atoms with van der Waals surface area (Å²) in [4.78, 5) is 3.94. The Balaban J connectivity index is 1.90. The Hall–Kier alpha value is -2.34. The number of hydrogen-bond acceptors (Lipinski definition) is 5. The fraction of sp³-hybridized carbons (Fsp3) is 0.375. The lowest BCUT2D eigenvalue weighted by Crippen LogP contribution is -2.30. The van der Waals surface area contributed by atoms with Gasteiger partial charge in [0.2, 0.25) is 0 Å². The molecule has 0 aliphatic heterocycles. The third-order valence-corrected chi connectivity index (χ3v) is 3.17. The molecular formula is C16H22N4O2. The first-order valence-corrected chi connectivity index (χ1v) is 7.19. The molecule has 1 aromatic heterocycles. The van der Waals surface area contributed by atoms with Gasteiger partial charge in [0.25, 0.3) is 0 Å². The van der Waals surface area contributed by atoms with Crippen molar-refractivity contribution in [2.75, 3.05) is 13.7 Å².